The van der Waals surface area contributed by atoms with Crippen molar-refractivity contribution in [1.82, 2.24) is 10.2 Å². The van der Waals surface area contributed by atoms with E-state index in [1.807, 2.05) is 6.92 Å². The van der Waals surface area contributed by atoms with Crippen molar-refractivity contribution in [3.05, 3.63) is 11.8 Å². The maximum absolute atomic E-state index is 5.18. The predicted molar refractivity (Wildman–Crippen MR) is 40.5 cm³/mol. The first kappa shape index (κ1) is 8.07. The fourth-order valence-corrected chi connectivity index (χ4v) is 0.791. The van der Waals surface area contributed by atoms with Gasteiger partial charge in [-0.2, -0.15) is 5.10 Å². The zero-order valence-electron chi connectivity index (χ0n) is 6.76. The van der Waals surface area contributed by atoms with Crippen LogP contribution in [-0.4, -0.2) is 23.9 Å². The van der Waals surface area contributed by atoms with Gasteiger partial charge >= 0.3 is 0 Å². The molecule has 1 aromatic heterocycles. The Morgan fingerprint density at radius 3 is 3.09 bits per heavy atom. The molecule has 4 nitrogen and oxygen atoms in total. The molecule has 0 atom stereocenters. The molecule has 0 aliphatic heterocycles. The lowest BCUT2D eigenvalue weighted by atomic mass is 10.4. The monoisotopic (exact) mass is 156 g/mol. The van der Waals surface area contributed by atoms with E-state index in [0.717, 1.165) is 5.56 Å². The van der Waals surface area contributed by atoms with Gasteiger partial charge in [0, 0.05) is 6.61 Å². The third-order valence-corrected chi connectivity index (χ3v) is 1.34. The van der Waals surface area contributed by atoms with Crippen molar-refractivity contribution < 1.29 is 9.47 Å². The Morgan fingerprint density at radius 1 is 1.64 bits per heavy atom. The number of hydrogen-bond acceptors (Lipinski definition) is 3. The molecule has 0 aliphatic rings. The summed E-state index contributed by atoms with van der Waals surface area (Å²) in [5.74, 6) is 0.679. The number of H-pyrrole nitrogens is 1. The van der Waals surface area contributed by atoms with Crippen LogP contribution in [0.2, 0.25) is 0 Å². The number of methoxy groups -OCH3 is 1. The number of aromatic nitrogens is 2. The molecule has 0 radical (unpaired) electrons. The fraction of sp³-hybridized carbons (Fsp3) is 0.571. The molecular formula is C7H12N2O2. The summed E-state index contributed by atoms with van der Waals surface area (Å²) in [5, 5.41) is 6.53. The normalized spacial score (nSPS) is 10.0. The van der Waals surface area contributed by atoms with Crippen molar-refractivity contribution in [3.8, 4) is 5.88 Å². The van der Waals surface area contributed by atoms with Gasteiger partial charge in [-0.05, 0) is 6.92 Å². The van der Waals surface area contributed by atoms with Crippen molar-refractivity contribution in [2.75, 3.05) is 13.7 Å². The highest BCUT2D eigenvalue weighted by molar-refractivity contribution is 5.21. The van der Waals surface area contributed by atoms with Crippen LogP contribution in [0.5, 0.6) is 5.88 Å². The van der Waals surface area contributed by atoms with Crippen molar-refractivity contribution in [2.45, 2.75) is 13.5 Å². The van der Waals surface area contributed by atoms with Gasteiger partial charge in [0.15, 0.2) is 0 Å². The molecule has 0 saturated heterocycles. The first-order valence-electron chi connectivity index (χ1n) is 3.52. The van der Waals surface area contributed by atoms with Gasteiger partial charge in [0.1, 0.15) is 0 Å². The molecule has 1 N–H and O–H groups in total. The van der Waals surface area contributed by atoms with Gasteiger partial charge in [-0.3, -0.25) is 0 Å². The number of nitrogens with one attached hydrogen (secondary N) is 1. The molecule has 4 heteroatoms. The summed E-state index contributed by atoms with van der Waals surface area (Å²) < 4.78 is 10.2. The van der Waals surface area contributed by atoms with E-state index in [4.69, 9.17) is 9.47 Å². The van der Waals surface area contributed by atoms with E-state index in [2.05, 4.69) is 10.2 Å². The van der Waals surface area contributed by atoms with E-state index in [-0.39, 0.29) is 0 Å². The second-order valence-corrected chi connectivity index (χ2v) is 2.07. The summed E-state index contributed by atoms with van der Waals surface area (Å²) in [6, 6.07) is 0. The van der Waals surface area contributed by atoms with Crippen molar-refractivity contribution >= 4 is 0 Å². The summed E-state index contributed by atoms with van der Waals surface area (Å²) in [6.45, 7) is 3.21. The standard InChI is InChI=1S/C7H12N2O2/c1-3-11-5-6-4-8-9-7(6)10-2/h4H,3,5H2,1-2H3,(H,8,9). The molecule has 0 amide bonds. The summed E-state index contributed by atoms with van der Waals surface area (Å²) in [6.07, 6.45) is 1.70. The topological polar surface area (TPSA) is 47.1 Å². The first-order valence-corrected chi connectivity index (χ1v) is 3.52. The zero-order chi connectivity index (χ0) is 8.10. The average molecular weight is 156 g/mol. The smallest absolute Gasteiger partial charge is 0.214 e. The number of rotatable bonds is 4. The maximum Gasteiger partial charge on any atom is 0.214 e. The molecule has 1 rings (SSSR count). The molecule has 0 fully saturated rings. The number of ether oxygens (including phenoxy) is 2. The van der Waals surface area contributed by atoms with Gasteiger partial charge in [0.05, 0.1) is 25.5 Å². The van der Waals surface area contributed by atoms with Crippen molar-refractivity contribution in [2.24, 2.45) is 0 Å². The third-order valence-electron chi connectivity index (χ3n) is 1.34. The van der Waals surface area contributed by atoms with Gasteiger partial charge in [-0.25, -0.2) is 5.10 Å². The highest BCUT2D eigenvalue weighted by atomic mass is 16.5. The summed E-state index contributed by atoms with van der Waals surface area (Å²) in [4.78, 5) is 0. The quantitative estimate of drug-likeness (QED) is 0.706. The van der Waals surface area contributed by atoms with Crippen molar-refractivity contribution in [3.63, 3.8) is 0 Å². The number of aromatic amines is 1. The van der Waals surface area contributed by atoms with Gasteiger partial charge in [-0.1, -0.05) is 0 Å². The summed E-state index contributed by atoms with van der Waals surface area (Å²) in [7, 11) is 1.60. The van der Waals surface area contributed by atoms with Gasteiger partial charge in [0.2, 0.25) is 5.88 Å². The molecule has 0 aliphatic carbocycles. The van der Waals surface area contributed by atoms with Crippen LogP contribution in [0.4, 0.5) is 0 Å². The van der Waals surface area contributed by atoms with E-state index in [0.29, 0.717) is 19.1 Å². The average Bonchev–Trinajstić information content (AvgIpc) is 2.47. The Hall–Kier alpha value is -1.03. The minimum absolute atomic E-state index is 0.552. The minimum Gasteiger partial charge on any atom is -0.481 e. The van der Waals surface area contributed by atoms with Crippen LogP contribution >= 0.6 is 0 Å². The molecule has 0 saturated carbocycles. The third kappa shape index (κ3) is 1.94. The molecule has 0 aromatic carbocycles. The molecule has 0 spiro atoms. The molecule has 0 unspecified atom stereocenters. The highest BCUT2D eigenvalue weighted by Gasteiger charge is 2.03. The van der Waals surface area contributed by atoms with Crippen LogP contribution in [0.25, 0.3) is 0 Å². The first-order chi connectivity index (χ1) is 5.38. The largest absolute Gasteiger partial charge is 0.481 e. The van der Waals surface area contributed by atoms with Crippen molar-refractivity contribution in [1.29, 1.82) is 0 Å². The van der Waals surface area contributed by atoms with Gasteiger partial charge in [-0.15, -0.1) is 0 Å². The van der Waals surface area contributed by atoms with Crippen LogP contribution < -0.4 is 4.74 Å². The lowest BCUT2D eigenvalue weighted by Gasteiger charge is -2.00. The van der Waals surface area contributed by atoms with Crippen LogP contribution in [0, 0.1) is 0 Å². The molecule has 11 heavy (non-hydrogen) atoms. The summed E-state index contributed by atoms with van der Waals surface area (Å²) in [5.41, 5.74) is 0.953. The Balaban J connectivity index is 2.54. The number of nitrogens with zero attached hydrogens (tertiary/aromatic N) is 1. The van der Waals surface area contributed by atoms with E-state index in [1.165, 1.54) is 0 Å². The Labute approximate surface area is 65.5 Å². The van der Waals surface area contributed by atoms with E-state index in [9.17, 15) is 0 Å². The van der Waals surface area contributed by atoms with Crippen LogP contribution in [0.15, 0.2) is 6.20 Å². The van der Waals surface area contributed by atoms with Crippen LogP contribution in [0.1, 0.15) is 12.5 Å². The second-order valence-electron chi connectivity index (χ2n) is 2.07. The Morgan fingerprint density at radius 2 is 2.45 bits per heavy atom. The molecule has 62 valence electrons. The lowest BCUT2D eigenvalue weighted by molar-refractivity contribution is 0.132. The lowest BCUT2D eigenvalue weighted by Crippen LogP contribution is -1.93. The van der Waals surface area contributed by atoms with E-state index < -0.39 is 0 Å². The second kappa shape index (κ2) is 3.98. The molecule has 1 aromatic rings. The zero-order valence-corrected chi connectivity index (χ0v) is 6.76. The number of hydrogen-bond donors (Lipinski definition) is 1. The fourth-order valence-electron chi connectivity index (χ4n) is 0.791. The molecule has 1 heterocycles. The molecular weight excluding hydrogens is 144 g/mol. The minimum atomic E-state index is 0.552. The van der Waals surface area contributed by atoms with Gasteiger partial charge in [0.25, 0.3) is 0 Å². The predicted octanol–water partition coefficient (Wildman–Crippen LogP) is 0.955. The maximum atomic E-state index is 5.18. The van der Waals surface area contributed by atoms with Crippen LogP contribution in [0.3, 0.4) is 0 Å². The van der Waals surface area contributed by atoms with Gasteiger partial charge < -0.3 is 9.47 Å². The Kier molecular flexibility index (Phi) is 2.92. The van der Waals surface area contributed by atoms with E-state index >= 15 is 0 Å². The molecule has 0 bridgehead atoms. The van der Waals surface area contributed by atoms with Crippen LogP contribution in [-0.2, 0) is 11.3 Å². The Bertz CT molecular complexity index is 210. The highest BCUT2D eigenvalue weighted by Crippen LogP contribution is 2.13. The SMILES string of the molecule is CCOCc1cn[nH]c1OC. The summed E-state index contributed by atoms with van der Waals surface area (Å²) >= 11 is 0. The van der Waals surface area contributed by atoms with E-state index in [1.54, 1.807) is 13.3 Å².